The first-order chi connectivity index (χ1) is 16.9. The molecule has 3 fully saturated rings. The average Bonchev–Trinajstić information content (AvgIpc) is 3.48. The lowest BCUT2D eigenvalue weighted by Crippen LogP contribution is -2.54. The summed E-state index contributed by atoms with van der Waals surface area (Å²) in [6, 6.07) is 11.0. The monoisotopic (exact) mass is 476 g/mol. The van der Waals surface area contributed by atoms with Crippen LogP contribution in [-0.2, 0) is 15.1 Å². The van der Waals surface area contributed by atoms with E-state index in [-0.39, 0.29) is 30.4 Å². The van der Waals surface area contributed by atoms with Gasteiger partial charge in [-0.3, -0.25) is 19.5 Å². The number of hydrogen-bond acceptors (Lipinski definition) is 5. The van der Waals surface area contributed by atoms with Gasteiger partial charge in [0.15, 0.2) is 5.54 Å². The minimum atomic E-state index is -1.23. The van der Waals surface area contributed by atoms with Gasteiger partial charge in [-0.15, -0.1) is 0 Å². The summed E-state index contributed by atoms with van der Waals surface area (Å²) in [4.78, 5) is 47.9. The summed E-state index contributed by atoms with van der Waals surface area (Å²) in [5, 5.41) is 3.04. The molecule has 184 valence electrons. The maximum atomic E-state index is 13.9. The first-order valence-corrected chi connectivity index (χ1v) is 12.4. The van der Waals surface area contributed by atoms with Crippen LogP contribution < -0.4 is 5.32 Å². The van der Waals surface area contributed by atoms with Crippen molar-refractivity contribution in [2.45, 2.75) is 51.2 Å². The number of likely N-dealkylation sites (tertiary alicyclic amines) is 1. The number of urea groups is 1. The van der Waals surface area contributed by atoms with Crippen molar-refractivity contribution < 1.29 is 19.1 Å². The van der Waals surface area contributed by atoms with Crippen molar-refractivity contribution in [2.24, 2.45) is 5.92 Å². The number of hydrogen-bond donors (Lipinski definition) is 1. The van der Waals surface area contributed by atoms with Crippen LogP contribution in [0.2, 0.25) is 0 Å². The summed E-state index contributed by atoms with van der Waals surface area (Å²) in [6.45, 7) is 5.87. The molecular weight excluding hydrogens is 444 g/mol. The largest absolute Gasteiger partial charge is 0.376 e. The van der Waals surface area contributed by atoms with Crippen molar-refractivity contribution in [1.29, 1.82) is 0 Å². The van der Waals surface area contributed by atoms with Gasteiger partial charge < -0.3 is 15.0 Å². The van der Waals surface area contributed by atoms with Gasteiger partial charge in [0.05, 0.1) is 18.3 Å². The molecule has 0 bridgehead atoms. The van der Waals surface area contributed by atoms with E-state index >= 15 is 0 Å². The van der Waals surface area contributed by atoms with Crippen LogP contribution in [-0.4, -0.2) is 65.0 Å². The smallest absolute Gasteiger partial charge is 0.325 e. The summed E-state index contributed by atoms with van der Waals surface area (Å²) in [5.41, 5.74) is 2.04. The summed E-state index contributed by atoms with van der Waals surface area (Å²) < 4.78 is 5.70. The van der Waals surface area contributed by atoms with E-state index in [2.05, 4.69) is 10.3 Å². The van der Waals surface area contributed by atoms with Gasteiger partial charge in [-0.2, -0.15) is 0 Å². The quantitative estimate of drug-likeness (QED) is 0.670. The van der Waals surface area contributed by atoms with Crippen molar-refractivity contribution in [3.63, 3.8) is 0 Å². The number of imide groups is 1. The highest BCUT2D eigenvalue weighted by Crippen LogP contribution is 2.41. The number of aryl methyl sites for hydroxylation is 2. The first kappa shape index (κ1) is 23.5. The molecule has 1 aromatic carbocycles. The molecular formula is C27H32N4O4. The Balaban J connectivity index is 1.39. The van der Waals surface area contributed by atoms with Crippen LogP contribution in [0.4, 0.5) is 4.79 Å². The molecule has 5 rings (SSSR count). The Labute approximate surface area is 205 Å². The highest BCUT2D eigenvalue weighted by Gasteiger charge is 2.58. The third-order valence-corrected chi connectivity index (χ3v) is 7.63. The Morgan fingerprint density at radius 2 is 1.94 bits per heavy atom. The fraction of sp³-hybridized carbons (Fsp3) is 0.481. The molecule has 0 radical (unpaired) electrons. The molecule has 0 aliphatic carbocycles. The number of aromatic nitrogens is 1. The van der Waals surface area contributed by atoms with E-state index < -0.39 is 11.6 Å². The average molecular weight is 477 g/mol. The van der Waals surface area contributed by atoms with Gasteiger partial charge in [-0.25, -0.2) is 4.79 Å². The van der Waals surface area contributed by atoms with Gasteiger partial charge >= 0.3 is 6.03 Å². The molecule has 2 unspecified atom stereocenters. The maximum absolute atomic E-state index is 13.9. The van der Waals surface area contributed by atoms with E-state index in [9.17, 15) is 14.4 Å². The molecule has 1 N–H and O–H groups in total. The van der Waals surface area contributed by atoms with Gasteiger partial charge in [0, 0.05) is 37.4 Å². The second-order valence-corrected chi connectivity index (χ2v) is 9.89. The lowest BCUT2D eigenvalue weighted by atomic mass is 9.75. The zero-order chi connectivity index (χ0) is 24.6. The van der Waals surface area contributed by atoms with Crippen molar-refractivity contribution in [1.82, 2.24) is 20.1 Å². The van der Waals surface area contributed by atoms with Crippen molar-refractivity contribution >= 4 is 17.8 Å². The predicted octanol–water partition coefficient (Wildman–Crippen LogP) is 3.18. The number of amides is 4. The number of nitrogens with zero attached hydrogens (tertiary/aromatic N) is 3. The van der Waals surface area contributed by atoms with Crippen LogP contribution in [0.1, 0.15) is 52.9 Å². The highest BCUT2D eigenvalue weighted by molar-refractivity contribution is 6.07. The number of pyridine rings is 1. The van der Waals surface area contributed by atoms with E-state index in [0.29, 0.717) is 38.2 Å². The zero-order valence-electron chi connectivity index (χ0n) is 20.3. The van der Waals surface area contributed by atoms with Crippen molar-refractivity contribution in [3.05, 3.63) is 65.0 Å². The van der Waals surface area contributed by atoms with E-state index in [1.165, 1.54) is 4.90 Å². The molecule has 0 spiro atoms. The van der Waals surface area contributed by atoms with Crippen molar-refractivity contribution in [3.8, 4) is 0 Å². The minimum absolute atomic E-state index is 0.0123. The van der Waals surface area contributed by atoms with E-state index in [1.807, 2.05) is 43.0 Å². The molecule has 0 saturated carbocycles. The first-order valence-electron chi connectivity index (χ1n) is 12.4. The molecule has 4 amide bonds. The molecule has 1 aromatic heterocycles. The molecule has 35 heavy (non-hydrogen) atoms. The second-order valence-electron chi connectivity index (χ2n) is 9.89. The topological polar surface area (TPSA) is 91.8 Å². The molecule has 3 saturated heterocycles. The zero-order valence-corrected chi connectivity index (χ0v) is 20.3. The number of ether oxygens (including phenoxy) is 1. The fourth-order valence-electron chi connectivity index (χ4n) is 5.66. The lowest BCUT2D eigenvalue weighted by Gasteiger charge is -2.40. The summed E-state index contributed by atoms with van der Waals surface area (Å²) >= 11 is 0. The van der Waals surface area contributed by atoms with E-state index in [0.717, 1.165) is 29.5 Å². The maximum Gasteiger partial charge on any atom is 0.325 e. The molecule has 8 heteroatoms. The summed E-state index contributed by atoms with van der Waals surface area (Å²) in [7, 11) is 0. The van der Waals surface area contributed by atoms with E-state index in [1.54, 1.807) is 18.3 Å². The van der Waals surface area contributed by atoms with Crippen LogP contribution in [0.15, 0.2) is 42.6 Å². The standard InChI is InChI=1S/C27H32N4O4/c1-18-8-9-19(2)22(16-18)24(32)30-13-10-20(11-14-30)27(23-7-3-4-12-28-23)25(33)31(26(34)29-27)17-21-6-5-15-35-21/h3-4,7-9,12,16,20-21H,5-6,10-11,13-15,17H2,1-2H3,(H,29,34). The Bertz CT molecular complexity index is 1120. The lowest BCUT2D eigenvalue weighted by molar-refractivity contribution is -0.135. The summed E-state index contributed by atoms with van der Waals surface area (Å²) in [6.07, 6.45) is 4.48. The molecule has 3 aliphatic rings. The van der Waals surface area contributed by atoms with Gasteiger partial charge in [-0.05, 0) is 63.3 Å². The number of benzene rings is 1. The Morgan fingerprint density at radius 1 is 1.14 bits per heavy atom. The fourth-order valence-corrected chi connectivity index (χ4v) is 5.66. The summed E-state index contributed by atoms with van der Waals surface area (Å²) in [5.74, 6) is -0.430. The van der Waals surface area contributed by atoms with Crippen LogP contribution in [0.25, 0.3) is 0 Å². The Kier molecular flexibility index (Phi) is 6.32. The normalized spacial score (nSPS) is 25.3. The Morgan fingerprint density at radius 3 is 2.63 bits per heavy atom. The third kappa shape index (κ3) is 4.20. The minimum Gasteiger partial charge on any atom is -0.376 e. The highest BCUT2D eigenvalue weighted by atomic mass is 16.5. The molecule has 4 heterocycles. The van der Waals surface area contributed by atoms with Crippen molar-refractivity contribution in [2.75, 3.05) is 26.2 Å². The predicted molar refractivity (Wildman–Crippen MR) is 130 cm³/mol. The molecule has 3 aliphatic heterocycles. The van der Waals surface area contributed by atoms with Gasteiger partial charge in [0.1, 0.15) is 0 Å². The number of carbonyl (C=O) groups is 3. The molecule has 8 nitrogen and oxygen atoms in total. The van der Waals surface area contributed by atoms with Crippen LogP contribution in [0, 0.1) is 19.8 Å². The number of carbonyl (C=O) groups excluding carboxylic acids is 3. The SMILES string of the molecule is Cc1ccc(C)c(C(=O)N2CCC(C3(c4ccccn4)NC(=O)N(CC4CCCO4)C3=O)CC2)c1. The van der Waals surface area contributed by atoms with Gasteiger partial charge in [0.25, 0.3) is 11.8 Å². The Hall–Kier alpha value is -3.26. The molecule has 2 aromatic rings. The third-order valence-electron chi connectivity index (χ3n) is 7.63. The van der Waals surface area contributed by atoms with E-state index in [4.69, 9.17) is 4.74 Å². The second kappa shape index (κ2) is 9.41. The van der Waals surface area contributed by atoms with Crippen LogP contribution in [0.3, 0.4) is 0 Å². The number of piperidine rings is 1. The number of rotatable bonds is 5. The number of nitrogens with one attached hydrogen (secondary N) is 1. The van der Waals surface area contributed by atoms with Crippen LogP contribution in [0.5, 0.6) is 0 Å². The van der Waals surface area contributed by atoms with Crippen LogP contribution >= 0.6 is 0 Å². The van der Waals surface area contributed by atoms with Gasteiger partial charge in [-0.1, -0.05) is 23.8 Å². The molecule has 2 atom stereocenters. The van der Waals surface area contributed by atoms with Gasteiger partial charge in [0.2, 0.25) is 0 Å².